The van der Waals surface area contributed by atoms with E-state index in [1.807, 2.05) is 0 Å². The Balaban J connectivity index is 1.73. The highest BCUT2D eigenvalue weighted by molar-refractivity contribution is 7.71. The molecule has 2 aromatic rings. The summed E-state index contributed by atoms with van der Waals surface area (Å²) in [5, 5.41) is 11.4. The molecule has 0 spiro atoms. The van der Waals surface area contributed by atoms with Gasteiger partial charge in [0.25, 0.3) is 0 Å². The number of halogens is 2. The van der Waals surface area contributed by atoms with Crippen LogP contribution in [0.3, 0.4) is 0 Å². The van der Waals surface area contributed by atoms with Crippen LogP contribution in [-0.2, 0) is 6.42 Å². The molecule has 1 heterocycles. The number of alkyl halides is 2. The lowest BCUT2D eigenvalue weighted by molar-refractivity contribution is -0.0512. The lowest BCUT2D eigenvalue weighted by atomic mass is 9.86. The maximum absolute atomic E-state index is 12.6. The number of hydrogen-bond donors (Lipinski definition) is 1. The minimum atomic E-state index is -2.94. The van der Waals surface area contributed by atoms with Crippen molar-refractivity contribution >= 4 is 18.4 Å². The van der Waals surface area contributed by atoms with Crippen molar-refractivity contribution in [3.05, 3.63) is 34.4 Å². The number of aromatic amines is 1. The number of benzene rings is 1. The first kappa shape index (κ1) is 20.4. The van der Waals surface area contributed by atoms with Gasteiger partial charge in [0.1, 0.15) is 0 Å². The van der Waals surface area contributed by atoms with E-state index in [0.717, 1.165) is 24.6 Å². The van der Waals surface area contributed by atoms with Crippen LogP contribution in [0.15, 0.2) is 23.3 Å². The van der Waals surface area contributed by atoms with Crippen molar-refractivity contribution in [1.29, 1.82) is 0 Å². The van der Waals surface area contributed by atoms with Crippen molar-refractivity contribution in [1.82, 2.24) is 14.9 Å². The van der Waals surface area contributed by atoms with E-state index in [9.17, 15) is 8.78 Å². The predicted molar refractivity (Wildman–Crippen MR) is 105 cm³/mol. The van der Waals surface area contributed by atoms with E-state index in [1.165, 1.54) is 51.5 Å². The van der Waals surface area contributed by atoms with Crippen molar-refractivity contribution in [3.8, 4) is 11.5 Å². The average molecular weight is 410 g/mol. The number of nitrogens with one attached hydrogen (secondary N) is 1. The summed E-state index contributed by atoms with van der Waals surface area (Å²) in [6, 6.07) is 4.70. The third-order valence-electron chi connectivity index (χ3n) is 4.94. The molecule has 28 heavy (non-hydrogen) atoms. The predicted octanol–water partition coefficient (Wildman–Crippen LogP) is 4.95. The van der Waals surface area contributed by atoms with Crippen molar-refractivity contribution in [2.75, 3.05) is 7.11 Å². The third kappa shape index (κ3) is 5.37. The third-order valence-corrected chi connectivity index (χ3v) is 5.21. The molecule has 0 unspecified atom stereocenters. The maximum atomic E-state index is 12.6. The second-order valence-electron chi connectivity index (χ2n) is 6.83. The molecule has 152 valence electrons. The second-order valence-corrected chi connectivity index (χ2v) is 7.22. The highest BCUT2D eigenvalue weighted by atomic mass is 32.1. The number of H-pyrrole nitrogens is 1. The summed E-state index contributed by atoms with van der Waals surface area (Å²) in [5.74, 6) is 1.68. The molecule has 3 rings (SSSR count). The highest BCUT2D eigenvalue weighted by Crippen LogP contribution is 2.29. The topological polar surface area (TPSA) is 64.4 Å². The van der Waals surface area contributed by atoms with Crippen LogP contribution in [-0.4, -0.2) is 34.8 Å². The van der Waals surface area contributed by atoms with E-state index in [2.05, 4.69) is 20.0 Å². The van der Waals surface area contributed by atoms with Gasteiger partial charge in [0, 0.05) is 6.42 Å². The zero-order chi connectivity index (χ0) is 19.9. The van der Waals surface area contributed by atoms with Gasteiger partial charge < -0.3 is 9.47 Å². The van der Waals surface area contributed by atoms with Gasteiger partial charge in [-0.05, 0) is 48.3 Å². The Morgan fingerprint density at radius 2 is 2.11 bits per heavy atom. The van der Waals surface area contributed by atoms with Crippen LogP contribution in [0.2, 0.25) is 0 Å². The Hall–Kier alpha value is -2.29. The highest BCUT2D eigenvalue weighted by Gasteiger charge is 2.15. The lowest BCUT2D eigenvalue weighted by Crippen LogP contribution is -2.09. The van der Waals surface area contributed by atoms with Crippen LogP contribution in [0, 0.1) is 10.7 Å². The molecule has 0 aliphatic heterocycles. The molecule has 1 N–H and O–H groups in total. The van der Waals surface area contributed by atoms with Gasteiger partial charge in [-0.3, -0.25) is 5.10 Å². The van der Waals surface area contributed by atoms with E-state index in [4.69, 9.17) is 17.0 Å². The fourth-order valence-electron chi connectivity index (χ4n) is 3.50. The van der Waals surface area contributed by atoms with E-state index in [0.29, 0.717) is 10.3 Å². The summed E-state index contributed by atoms with van der Waals surface area (Å²) in [4.78, 5) is 0. The zero-order valence-corrected chi connectivity index (χ0v) is 16.6. The quantitative estimate of drug-likeness (QED) is 0.494. The van der Waals surface area contributed by atoms with E-state index in [1.54, 1.807) is 16.8 Å². The molecule has 1 aliphatic carbocycles. The first-order valence-electron chi connectivity index (χ1n) is 9.40. The Kier molecular flexibility index (Phi) is 7.13. The molecule has 0 radical (unpaired) electrons. The van der Waals surface area contributed by atoms with Crippen LogP contribution in [0.5, 0.6) is 11.5 Å². The second kappa shape index (κ2) is 9.77. The SMILES string of the molecule is COc1ccc(/C=N\n2c(CCC3CCCCC3)n[nH]c2=S)cc1OC(F)F. The van der Waals surface area contributed by atoms with Crippen LogP contribution in [0.1, 0.15) is 49.9 Å². The Morgan fingerprint density at radius 3 is 2.82 bits per heavy atom. The summed E-state index contributed by atoms with van der Waals surface area (Å²) in [7, 11) is 1.39. The largest absolute Gasteiger partial charge is 0.493 e. The van der Waals surface area contributed by atoms with Crippen LogP contribution < -0.4 is 9.47 Å². The Morgan fingerprint density at radius 1 is 1.32 bits per heavy atom. The maximum Gasteiger partial charge on any atom is 0.387 e. The molecule has 9 heteroatoms. The molecule has 1 fully saturated rings. The van der Waals surface area contributed by atoms with Gasteiger partial charge >= 0.3 is 6.61 Å². The number of methoxy groups -OCH3 is 1. The molecule has 1 saturated carbocycles. The number of hydrogen-bond acceptors (Lipinski definition) is 5. The molecule has 1 aliphatic rings. The van der Waals surface area contributed by atoms with Crippen molar-refractivity contribution in [2.45, 2.75) is 51.6 Å². The smallest absolute Gasteiger partial charge is 0.387 e. The molecular formula is C19H24F2N4O2S. The summed E-state index contributed by atoms with van der Waals surface area (Å²) < 4.78 is 36.7. The first-order valence-corrected chi connectivity index (χ1v) is 9.81. The molecule has 0 bridgehead atoms. The van der Waals surface area contributed by atoms with Crippen molar-refractivity contribution < 1.29 is 18.3 Å². The fraction of sp³-hybridized carbons (Fsp3) is 0.526. The van der Waals surface area contributed by atoms with Gasteiger partial charge in [-0.15, -0.1) is 0 Å². The van der Waals surface area contributed by atoms with Crippen molar-refractivity contribution in [2.24, 2.45) is 11.0 Å². The molecule has 0 amide bonds. The van der Waals surface area contributed by atoms with Gasteiger partial charge in [0.05, 0.1) is 13.3 Å². The minimum Gasteiger partial charge on any atom is -0.493 e. The van der Waals surface area contributed by atoms with Crippen LogP contribution >= 0.6 is 12.2 Å². The van der Waals surface area contributed by atoms with Crippen LogP contribution in [0.4, 0.5) is 8.78 Å². The monoisotopic (exact) mass is 410 g/mol. The minimum absolute atomic E-state index is 0.0465. The molecule has 0 saturated heterocycles. The number of nitrogens with zero attached hydrogens (tertiary/aromatic N) is 3. The van der Waals surface area contributed by atoms with Gasteiger partial charge in [-0.2, -0.15) is 23.7 Å². The zero-order valence-electron chi connectivity index (χ0n) is 15.7. The van der Waals surface area contributed by atoms with Gasteiger partial charge in [0.2, 0.25) is 4.77 Å². The number of rotatable bonds is 8. The molecule has 0 atom stereocenters. The van der Waals surface area contributed by atoms with Gasteiger partial charge in [-0.1, -0.05) is 32.1 Å². The van der Waals surface area contributed by atoms with Crippen molar-refractivity contribution in [3.63, 3.8) is 0 Å². The molecule has 1 aromatic heterocycles. The summed E-state index contributed by atoms with van der Waals surface area (Å²) >= 11 is 5.27. The molecule has 1 aromatic carbocycles. The Bertz CT molecular complexity index is 860. The summed E-state index contributed by atoms with van der Waals surface area (Å²) in [5.41, 5.74) is 0.581. The summed E-state index contributed by atoms with van der Waals surface area (Å²) in [6.07, 6.45) is 9.86. The fourth-order valence-corrected chi connectivity index (χ4v) is 3.70. The first-order chi connectivity index (χ1) is 13.6. The number of aromatic nitrogens is 3. The van der Waals surface area contributed by atoms with E-state index < -0.39 is 6.61 Å². The summed E-state index contributed by atoms with van der Waals surface area (Å²) in [6.45, 7) is -2.94. The van der Waals surface area contributed by atoms with E-state index >= 15 is 0 Å². The Labute approximate surface area is 167 Å². The average Bonchev–Trinajstić information content (AvgIpc) is 3.05. The van der Waals surface area contributed by atoms with E-state index in [-0.39, 0.29) is 11.5 Å². The molecular weight excluding hydrogens is 386 g/mol. The number of ether oxygens (including phenoxy) is 2. The van der Waals surface area contributed by atoms with Gasteiger partial charge in [-0.25, -0.2) is 0 Å². The van der Waals surface area contributed by atoms with Gasteiger partial charge in [0.15, 0.2) is 17.3 Å². The lowest BCUT2D eigenvalue weighted by Gasteiger charge is -2.20. The standard InChI is InChI=1S/C19H24F2N4O2S/c1-26-15-9-7-14(11-16(15)27-18(20)21)12-22-25-17(23-24-19(25)28)10-8-13-5-3-2-4-6-13/h7,9,11-13,18H,2-6,8,10H2,1H3,(H,24,28)/b22-12-. The normalized spacial score (nSPS) is 15.4. The molecule has 6 nitrogen and oxygen atoms in total. The van der Waals surface area contributed by atoms with Crippen LogP contribution in [0.25, 0.3) is 0 Å². The number of aryl methyl sites for hydroxylation is 1.